The van der Waals surface area contributed by atoms with Gasteiger partial charge in [-0.2, -0.15) is 0 Å². The molecule has 1 saturated heterocycles. The lowest BCUT2D eigenvalue weighted by atomic mass is 10.1. The fraction of sp³-hybridized carbons (Fsp3) is 1.00. The highest BCUT2D eigenvalue weighted by Gasteiger charge is 2.17. The molecule has 3 nitrogen and oxygen atoms in total. The van der Waals surface area contributed by atoms with Gasteiger partial charge in [0.1, 0.15) is 0 Å². The molecule has 2 atom stereocenters. The molecule has 16 heavy (non-hydrogen) atoms. The van der Waals surface area contributed by atoms with Gasteiger partial charge in [0.15, 0.2) is 0 Å². The number of nitrogens with zero attached hydrogens (tertiary/aromatic N) is 1. The molecule has 1 N–H and O–H groups in total. The van der Waals surface area contributed by atoms with Crippen LogP contribution < -0.4 is 5.32 Å². The Hall–Kier alpha value is -0.120. The van der Waals surface area contributed by atoms with Gasteiger partial charge in [-0.05, 0) is 45.3 Å². The van der Waals surface area contributed by atoms with Crippen molar-refractivity contribution in [1.82, 2.24) is 10.2 Å². The van der Waals surface area contributed by atoms with Crippen LogP contribution in [-0.4, -0.2) is 50.8 Å². The minimum absolute atomic E-state index is 0.487. The van der Waals surface area contributed by atoms with Gasteiger partial charge in [0.2, 0.25) is 0 Å². The van der Waals surface area contributed by atoms with Gasteiger partial charge in [0, 0.05) is 19.7 Å². The van der Waals surface area contributed by atoms with Gasteiger partial charge in [0.25, 0.3) is 0 Å². The smallest absolute Gasteiger partial charge is 0.0702 e. The molecular formula is C13H28N2O. The van der Waals surface area contributed by atoms with Crippen molar-refractivity contribution in [2.45, 2.75) is 39.2 Å². The molecule has 0 aromatic rings. The average Bonchev–Trinajstić information content (AvgIpc) is 2.70. The molecule has 1 heterocycles. The number of rotatable bonds is 8. The first kappa shape index (κ1) is 13.9. The first-order valence-electron chi connectivity index (χ1n) is 6.73. The summed E-state index contributed by atoms with van der Waals surface area (Å²) in [5.41, 5.74) is 0. The molecule has 0 spiro atoms. The van der Waals surface area contributed by atoms with Gasteiger partial charge >= 0.3 is 0 Å². The molecule has 0 aliphatic carbocycles. The number of hydrogen-bond acceptors (Lipinski definition) is 3. The van der Waals surface area contributed by atoms with E-state index in [1.165, 1.54) is 19.3 Å². The molecule has 2 unspecified atom stereocenters. The monoisotopic (exact) mass is 228 g/mol. The lowest BCUT2D eigenvalue weighted by molar-refractivity contribution is 0.0774. The molecule has 1 fully saturated rings. The van der Waals surface area contributed by atoms with Gasteiger partial charge in [-0.15, -0.1) is 0 Å². The zero-order chi connectivity index (χ0) is 11.8. The van der Waals surface area contributed by atoms with Crippen LogP contribution in [0.1, 0.15) is 33.1 Å². The first-order chi connectivity index (χ1) is 7.72. The summed E-state index contributed by atoms with van der Waals surface area (Å²) in [6.07, 6.45) is 4.19. The van der Waals surface area contributed by atoms with E-state index >= 15 is 0 Å². The van der Waals surface area contributed by atoms with Crippen LogP contribution in [0.4, 0.5) is 0 Å². The zero-order valence-electron chi connectivity index (χ0n) is 11.2. The van der Waals surface area contributed by atoms with Crippen LogP contribution in [0.3, 0.4) is 0 Å². The Morgan fingerprint density at radius 3 is 2.94 bits per heavy atom. The van der Waals surface area contributed by atoms with E-state index in [1.54, 1.807) is 0 Å². The van der Waals surface area contributed by atoms with Gasteiger partial charge < -0.3 is 15.0 Å². The third kappa shape index (κ3) is 5.83. The van der Waals surface area contributed by atoms with E-state index in [-0.39, 0.29) is 0 Å². The van der Waals surface area contributed by atoms with Crippen molar-refractivity contribution in [3.8, 4) is 0 Å². The molecule has 1 rings (SSSR count). The van der Waals surface area contributed by atoms with E-state index < -0.39 is 0 Å². The number of nitrogens with one attached hydrogen (secondary N) is 1. The summed E-state index contributed by atoms with van der Waals surface area (Å²) in [7, 11) is 2.21. The Morgan fingerprint density at radius 1 is 1.50 bits per heavy atom. The minimum atomic E-state index is 0.487. The van der Waals surface area contributed by atoms with E-state index in [0.29, 0.717) is 6.10 Å². The number of likely N-dealkylation sites (N-methyl/N-ethyl adjacent to an activating group) is 1. The molecule has 0 saturated carbocycles. The maximum absolute atomic E-state index is 5.65. The maximum Gasteiger partial charge on any atom is 0.0702 e. The predicted octanol–water partition coefficient (Wildman–Crippen LogP) is 1.73. The predicted molar refractivity (Wildman–Crippen MR) is 68.8 cm³/mol. The molecule has 1 aliphatic rings. The van der Waals surface area contributed by atoms with Crippen LogP contribution in [0, 0.1) is 5.92 Å². The molecule has 1 aliphatic heterocycles. The van der Waals surface area contributed by atoms with E-state index in [0.717, 1.165) is 38.7 Å². The lowest BCUT2D eigenvalue weighted by Gasteiger charge is -2.24. The topological polar surface area (TPSA) is 24.5 Å². The van der Waals surface area contributed by atoms with E-state index in [4.69, 9.17) is 4.74 Å². The number of ether oxygens (including phenoxy) is 1. The fourth-order valence-electron chi connectivity index (χ4n) is 2.33. The van der Waals surface area contributed by atoms with Crippen molar-refractivity contribution < 1.29 is 4.74 Å². The molecule has 0 amide bonds. The first-order valence-corrected chi connectivity index (χ1v) is 6.73. The second kappa shape index (κ2) is 8.04. The third-order valence-corrected chi connectivity index (χ3v) is 3.08. The third-order valence-electron chi connectivity index (χ3n) is 3.08. The molecule has 0 aromatic carbocycles. The molecular weight excluding hydrogens is 200 g/mol. The highest BCUT2D eigenvalue weighted by Crippen LogP contribution is 2.13. The zero-order valence-corrected chi connectivity index (χ0v) is 11.2. The SMILES string of the molecule is CCCNCC(C)CN(C)CC1CCCO1. The normalized spacial score (nSPS) is 22.9. The summed E-state index contributed by atoms with van der Waals surface area (Å²) in [6.45, 7) is 10.0. The largest absolute Gasteiger partial charge is 0.377 e. The standard InChI is InChI=1S/C13H28N2O/c1-4-7-14-9-12(2)10-15(3)11-13-6-5-8-16-13/h12-14H,4-11H2,1-3H3. The molecule has 3 heteroatoms. The Labute approximate surface area is 101 Å². The second-order valence-corrected chi connectivity index (χ2v) is 5.17. The van der Waals surface area contributed by atoms with Crippen molar-refractivity contribution >= 4 is 0 Å². The van der Waals surface area contributed by atoms with E-state index in [2.05, 4.69) is 31.1 Å². The summed E-state index contributed by atoms with van der Waals surface area (Å²) in [5.74, 6) is 0.720. The number of hydrogen-bond donors (Lipinski definition) is 1. The Morgan fingerprint density at radius 2 is 2.31 bits per heavy atom. The van der Waals surface area contributed by atoms with Gasteiger partial charge in [0.05, 0.1) is 6.10 Å². The van der Waals surface area contributed by atoms with Crippen LogP contribution in [0.5, 0.6) is 0 Å². The summed E-state index contributed by atoms with van der Waals surface area (Å²) in [4.78, 5) is 2.41. The van der Waals surface area contributed by atoms with Crippen LogP contribution in [-0.2, 0) is 4.74 Å². The molecule has 0 aromatic heterocycles. The summed E-state index contributed by atoms with van der Waals surface area (Å²) in [6, 6.07) is 0. The Bertz CT molecular complexity index is 169. The van der Waals surface area contributed by atoms with Crippen LogP contribution in [0.25, 0.3) is 0 Å². The van der Waals surface area contributed by atoms with Crippen molar-refractivity contribution in [3.05, 3.63) is 0 Å². The van der Waals surface area contributed by atoms with Crippen molar-refractivity contribution in [2.24, 2.45) is 5.92 Å². The van der Waals surface area contributed by atoms with Gasteiger partial charge in [-0.1, -0.05) is 13.8 Å². The highest BCUT2D eigenvalue weighted by atomic mass is 16.5. The Balaban J connectivity index is 2.05. The summed E-state index contributed by atoms with van der Waals surface area (Å²) < 4.78 is 5.65. The van der Waals surface area contributed by atoms with Gasteiger partial charge in [-0.3, -0.25) is 0 Å². The maximum atomic E-state index is 5.65. The van der Waals surface area contributed by atoms with Crippen molar-refractivity contribution in [2.75, 3.05) is 39.8 Å². The van der Waals surface area contributed by atoms with E-state index in [1.807, 2.05) is 0 Å². The minimum Gasteiger partial charge on any atom is -0.377 e. The quantitative estimate of drug-likeness (QED) is 0.640. The second-order valence-electron chi connectivity index (χ2n) is 5.17. The molecule has 0 radical (unpaired) electrons. The van der Waals surface area contributed by atoms with Crippen LogP contribution >= 0.6 is 0 Å². The van der Waals surface area contributed by atoms with Gasteiger partial charge in [-0.25, -0.2) is 0 Å². The van der Waals surface area contributed by atoms with Crippen LogP contribution in [0.2, 0.25) is 0 Å². The molecule has 0 bridgehead atoms. The lowest BCUT2D eigenvalue weighted by Crippen LogP contribution is -2.35. The van der Waals surface area contributed by atoms with E-state index in [9.17, 15) is 0 Å². The van der Waals surface area contributed by atoms with Crippen LogP contribution in [0.15, 0.2) is 0 Å². The average molecular weight is 228 g/mol. The fourth-order valence-corrected chi connectivity index (χ4v) is 2.33. The van der Waals surface area contributed by atoms with Crippen molar-refractivity contribution in [1.29, 1.82) is 0 Å². The molecule has 96 valence electrons. The summed E-state index contributed by atoms with van der Waals surface area (Å²) in [5, 5.41) is 3.48. The summed E-state index contributed by atoms with van der Waals surface area (Å²) >= 11 is 0. The van der Waals surface area contributed by atoms with Crippen molar-refractivity contribution in [3.63, 3.8) is 0 Å². The highest BCUT2D eigenvalue weighted by molar-refractivity contribution is 4.70. The Kier molecular flexibility index (Phi) is 7.01.